The van der Waals surface area contributed by atoms with Crippen molar-refractivity contribution in [1.82, 2.24) is 0 Å². The van der Waals surface area contributed by atoms with Crippen molar-refractivity contribution in [3.63, 3.8) is 0 Å². The number of hydrogen-bond acceptors (Lipinski definition) is 2. The van der Waals surface area contributed by atoms with E-state index in [1.165, 1.54) is 6.07 Å². The van der Waals surface area contributed by atoms with Crippen LogP contribution in [0, 0.1) is 5.41 Å². The Labute approximate surface area is 116 Å². The molecular formula is C15H18F3NO. The highest BCUT2D eigenvalue weighted by Crippen LogP contribution is 2.38. The second-order valence-electron chi connectivity index (χ2n) is 5.71. The molecule has 0 heterocycles. The summed E-state index contributed by atoms with van der Waals surface area (Å²) in [5.41, 5.74) is 5.04. The van der Waals surface area contributed by atoms with Crippen LogP contribution >= 0.6 is 0 Å². The number of carbonyl (C=O) groups excluding carboxylic acids is 1. The zero-order valence-corrected chi connectivity index (χ0v) is 11.3. The fourth-order valence-corrected chi connectivity index (χ4v) is 2.78. The highest BCUT2D eigenvalue weighted by Gasteiger charge is 2.42. The lowest BCUT2D eigenvalue weighted by molar-refractivity contribution is -0.137. The first kappa shape index (κ1) is 15.0. The fraction of sp³-hybridized carbons (Fsp3) is 0.533. The first-order valence-corrected chi connectivity index (χ1v) is 6.68. The minimum absolute atomic E-state index is 0.00806. The van der Waals surface area contributed by atoms with Gasteiger partial charge in [0.1, 0.15) is 5.78 Å². The zero-order chi connectivity index (χ0) is 15.0. The molecule has 20 heavy (non-hydrogen) atoms. The number of benzene rings is 1. The molecule has 2 nitrogen and oxygen atoms in total. The van der Waals surface area contributed by atoms with Crippen LogP contribution in [-0.4, -0.2) is 11.8 Å². The molecule has 1 aliphatic rings. The van der Waals surface area contributed by atoms with Gasteiger partial charge in [0.05, 0.1) is 5.56 Å². The SMILES string of the molecule is CC1(C(=O)Cc2cccc(C(F)(F)F)c2)CCCC1N. The molecule has 0 radical (unpaired) electrons. The molecule has 0 aliphatic heterocycles. The van der Waals surface area contributed by atoms with Gasteiger partial charge in [-0.1, -0.05) is 31.5 Å². The normalized spacial score (nSPS) is 26.8. The summed E-state index contributed by atoms with van der Waals surface area (Å²) in [6.45, 7) is 1.82. The van der Waals surface area contributed by atoms with E-state index in [0.717, 1.165) is 25.0 Å². The van der Waals surface area contributed by atoms with Crippen LogP contribution in [0.4, 0.5) is 13.2 Å². The van der Waals surface area contributed by atoms with Crippen molar-refractivity contribution in [2.24, 2.45) is 11.1 Å². The molecule has 0 spiro atoms. The maximum atomic E-state index is 12.6. The van der Waals surface area contributed by atoms with Crippen molar-refractivity contribution >= 4 is 5.78 Å². The Hall–Kier alpha value is -1.36. The van der Waals surface area contributed by atoms with Crippen LogP contribution in [0.3, 0.4) is 0 Å². The Morgan fingerprint density at radius 3 is 2.70 bits per heavy atom. The molecule has 0 aromatic heterocycles. The van der Waals surface area contributed by atoms with Gasteiger partial charge < -0.3 is 5.73 Å². The predicted molar refractivity (Wildman–Crippen MR) is 70.1 cm³/mol. The third-order valence-corrected chi connectivity index (χ3v) is 4.29. The summed E-state index contributed by atoms with van der Waals surface area (Å²) in [5.74, 6) is -0.0678. The molecule has 0 amide bonds. The van der Waals surface area contributed by atoms with Crippen molar-refractivity contribution in [1.29, 1.82) is 0 Å². The molecule has 110 valence electrons. The molecule has 1 saturated carbocycles. The molecule has 2 atom stereocenters. The summed E-state index contributed by atoms with van der Waals surface area (Å²) in [5, 5.41) is 0. The van der Waals surface area contributed by atoms with E-state index in [9.17, 15) is 18.0 Å². The highest BCUT2D eigenvalue weighted by atomic mass is 19.4. The number of halogens is 3. The number of carbonyl (C=O) groups is 1. The van der Waals surface area contributed by atoms with E-state index in [0.29, 0.717) is 12.0 Å². The van der Waals surface area contributed by atoms with Crippen LogP contribution in [0.1, 0.15) is 37.3 Å². The van der Waals surface area contributed by atoms with Gasteiger partial charge in [-0.05, 0) is 24.5 Å². The van der Waals surface area contributed by atoms with Crippen LogP contribution in [0.15, 0.2) is 24.3 Å². The van der Waals surface area contributed by atoms with E-state index >= 15 is 0 Å². The first-order chi connectivity index (χ1) is 9.23. The number of alkyl halides is 3. The van der Waals surface area contributed by atoms with E-state index < -0.39 is 17.2 Å². The first-order valence-electron chi connectivity index (χ1n) is 6.68. The minimum Gasteiger partial charge on any atom is -0.327 e. The van der Waals surface area contributed by atoms with Gasteiger partial charge in [0.15, 0.2) is 0 Å². The lowest BCUT2D eigenvalue weighted by Crippen LogP contribution is -2.41. The number of hydrogen-bond donors (Lipinski definition) is 1. The van der Waals surface area contributed by atoms with Crippen molar-refractivity contribution in [2.75, 3.05) is 0 Å². The monoisotopic (exact) mass is 285 g/mol. The van der Waals surface area contributed by atoms with E-state index in [1.807, 2.05) is 6.92 Å². The molecule has 2 N–H and O–H groups in total. The Morgan fingerprint density at radius 2 is 2.15 bits per heavy atom. The molecule has 1 aromatic carbocycles. The summed E-state index contributed by atoms with van der Waals surface area (Å²) in [7, 11) is 0. The standard InChI is InChI=1S/C15H18F3NO/c1-14(7-3-6-12(14)19)13(20)9-10-4-2-5-11(8-10)15(16,17)18/h2,4-5,8,12H,3,6-7,9,19H2,1H3. The van der Waals surface area contributed by atoms with Gasteiger partial charge in [0.25, 0.3) is 0 Å². The summed E-state index contributed by atoms with van der Waals surface area (Å²) >= 11 is 0. The number of Topliss-reactive ketones (excluding diaryl/α,β-unsaturated/α-hetero) is 1. The van der Waals surface area contributed by atoms with E-state index in [-0.39, 0.29) is 18.2 Å². The van der Waals surface area contributed by atoms with Gasteiger partial charge in [-0.25, -0.2) is 0 Å². The molecule has 1 aromatic rings. The van der Waals surface area contributed by atoms with E-state index in [2.05, 4.69) is 0 Å². The average Bonchev–Trinajstić information content (AvgIpc) is 2.70. The third-order valence-electron chi connectivity index (χ3n) is 4.29. The minimum atomic E-state index is -4.38. The molecule has 0 bridgehead atoms. The quantitative estimate of drug-likeness (QED) is 0.925. The van der Waals surface area contributed by atoms with Crippen LogP contribution in [-0.2, 0) is 17.4 Å². The topological polar surface area (TPSA) is 43.1 Å². The molecule has 0 saturated heterocycles. The maximum absolute atomic E-state index is 12.6. The average molecular weight is 285 g/mol. The molecule has 1 aliphatic carbocycles. The van der Waals surface area contributed by atoms with Gasteiger partial charge >= 0.3 is 6.18 Å². The van der Waals surface area contributed by atoms with Crippen molar-refractivity contribution in [3.8, 4) is 0 Å². The van der Waals surface area contributed by atoms with Gasteiger partial charge in [0.2, 0.25) is 0 Å². The Morgan fingerprint density at radius 1 is 1.45 bits per heavy atom. The Kier molecular flexibility index (Phi) is 3.91. The zero-order valence-electron chi connectivity index (χ0n) is 11.3. The predicted octanol–water partition coefficient (Wildman–Crippen LogP) is 3.33. The third kappa shape index (κ3) is 2.87. The molecule has 2 unspecified atom stereocenters. The summed E-state index contributed by atoms with van der Waals surface area (Å²) in [4.78, 5) is 12.3. The second-order valence-corrected chi connectivity index (χ2v) is 5.71. The lowest BCUT2D eigenvalue weighted by atomic mass is 9.78. The van der Waals surface area contributed by atoms with Crippen molar-refractivity contribution in [3.05, 3.63) is 35.4 Å². The van der Waals surface area contributed by atoms with Crippen LogP contribution < -0.4 is 5.73 Å². The van der Waals surface area contributed by atoms with E-state index in [4.69, 9.17) is 5.73 Å². The van der Waals surface area contributed by atoms with Crippen molar-refractivity contribution in [2.45, 2.75) is 44.8 Å². The molecule has 2 rings (SSSR count). The Balaban J connectivity index is 2.16. The summed E-state index contributed by atoms with van der Waals surface area (Å²) < 4.78 is 37.9. The smallest absolute Gasteiger partial charge is 0.327 e. The van der Waals surface area contributed by atoms with Crippen LogP contribution in [0.5, 0.6) is 0 Å². The summed E-state index contributed by atoms with van der Waals surface area (Å²) in [6, 6.07) is 4.75. The highest BCUT2D eigenvalue weighted by molar-refractivity contribution is 5.87. The lowest BCUT2D eigenvalue weighted by Gasteiger charge is -2.27. The largest absolute Gasteiger partial charge is 0.416 e. The fourth-order valence-electron chi connectivity index (χ4n) is 2.78. The van der Waals surface area contributed by atoms with Gasteiger partial charge in [-0.3, -0.25) is 4.79 Å². The van der Waals surface area contributed by atoms with Crippen molar-refractivity contribution < 1.29 is 18.0 Å². The number of nitrogens with two attached hydrogens (primary N) is 1. The van der Waals surface area contributed by atoms with Crippen LogP contribution in [0.2, 0.25) is 0 Å². The molecule has 5 heteroatoms. The number of rotatable bonds is 3. The molecule has 1 fully saturated rings. The second kappa shape index (κ2) is 5.20. The van der Waals surface area contributed by atoms with Gasteiger partial charge in [-0.2, -0.15) is 13.2 Å². The van der Waals surface area contributed by atoms with Gasteiger partial charge in [-0.15, -0.1) is 0 Å². The Bertz CT molecular complexity index is 512. The summed E-state index contributed by atoms with van der Waals surface area (Å²) in [6.07, 6.45) is -1.97. The maximum Gasteiger partial charge on any atom is 0.416 e. The van der Waals surface area contributed by atoms with E-state index in [1.54, 1.807) is 6.07 Å². The molecular weight excluding hydrogens is 267 g/mol. The van der Waals surface area contributed by atoms with Gasteiger partial charge in [0, 0.05) is 17.9 Å². The number of ketones is 1. The van der Waals surface area contributed by atoms with Crippen LogP contribution in [0.25, 0.3) is 0 Å².